The van der Waals surface area contributed by atoms with Crippen LogP contribution in [0.5, 0.6) is 0 Å². The Hall–Kier alpha value is -1.88. The molecule has 5 heteroatoms. The molecule has 2 unspecified atom stereocenters. The van der Waals surface area contributed by atoms with Crippen molar-refractivity contribution in [1.82, 2.24) is 4.90 Å². The Kier molecular flexibility index (Phi) is 3.01. The normalized spacial score (nSPS) is 25.3. The van der Waals surface area contributed by atoms with E-state index in [0.29, 0.717) is 23.2 Å². The van der Waals surface area contributed by atoms with Gasteiger partial charge in [-0.05, 0) is 38.2 Å². The number of rotatable bonds is 2. The van der Waals surface area contributed by atoms with Gasteiger partial charge in [0.25, 0.3) is 11.7 Å². The summed E-state index contributed by atoms with van der Waals surface area (Å²) in [5.74, 6) is -0.375. The van der Waals surface area contributed by atoms with Crippen molar-refractivity contribution in [2.75, 3.05) is 37.4 Å². The number of carbonyl (C=O) groups excluding carboxylic acids is 2. The smallest absolute Gasteiger partial charge is 0.296 e. The lowest BCUT2D eigenvalue weighted by Gasteiger charge is -2.23. The Bertz CT molecular complexity index is 582. The van der Waals surface area contributed by atoms with E-state index >= 15 is 0 Å². The number of Topliss-reactive ketones (excluding diaryl/α,β-unsaturated/α-hetero) is 1. The van der Waals surface area contributed by atoms with Crippen molar-refractivity contribution in [3.63, 3.8) is 0 Å². The molecule has 0 saturated carbocycles. The second-order valence-corrected chi connectivity index (χ2v) is 5.93. The maximum absolute atomic E-state index is 11.6. The van der Waals surface area contributed by atoms with Gasteiger partial charge in [-0.25, -0.2) is 0 Å². The van der Waals surface area contributed by atoms with Gasteiger partial charge >= 0.3 is 0 Å². The maximum atomic E-state index is 11.6. The van der Waals surface area contributed by atoms with Crippen LogP contribution >= 0.6 is 0 Å². The van der Waals surface area contributed by atoms with Crippen LogP contribution in [0.25, 0.3) is 0 Å². The third-order valence-corrected chi connectivity index (χ3v) is 4.30. The third-order valence-electron chi connectivity index (χ3n) is 4.30. The minimum Gasteiger partial charge on any atom is -0.370 e. The molecule has 0 spiro atoms. The predicted molar refractivity (Wildman–Crippen MR) is 78.3 cm³/mol. The Labute approximate surface area is 118 Å². The molecule has 2 aliphatic heterocycles. The number of nitrogens with one attached hydrogen (secondary N) is 1. The molecule has 1 fully saturated rings. The Morgan fingerprint density at radius 3 is 2.65 bits per heavy atom. The average Bonchev–Trinajstić information content (AvgIpc) is 2.91. The second-order valence-electron chi connectivity index (χ2n) is 5.93. The van der Waals surface area contributed by atoms with Crippen LogP contribution in [-0.2, 0) is 4.79 Å². The fourth-order valence-corrected chi connectivity index (χ4v) is 3.16. The molecule has 0 aliphatic carbocycles. The first kappa shape index (κ1) is 13.1. The van der Waals surface area contributed by atoms with E-state index in [1.54, 1.807) is 6.07 Å². The summed E-state index contributed by atoms with van der Waals surface area (Å²) in [6.07, 6.45) is 0. The first-order valence-corrected chi connectivity index (χ1v) is 6.88. The van der Waals surface area contributed by atoms with E-state index in [0.717, 1.165) is 18.8 Å². The minimum atomic E-state index is -0.530. The molecule has 1 amide bonds. The van der Waals surface area contributed by atoms with Crippen molar-refractivity contribution in [1.29, 1.82) is 0 Å². The lowest BCUT2D eigenvalue weighted by Crippen LogP contribution is -2.34. The topological polar surface area (TPSA) is 52.7 Å². The van der Waals surface area contributed by atoms with E-state index in [9.17, 15) is 9.59 Å². The summed E-state index contributed by atoms with van der Waals surface area (Å²) in [4.78, 5) is 27.5. The third kappa shape index (κ3) is 1.98. The maximum Gasteiger partial charge on any atom is 0.296 e. The fraction of sp³-hybridized carbons (Fsp3) is 0.467. The summed E-state index contributed by atoms with van der Waals surface area (Å²) < 4.78 is 0. The van der Waals surface area contributed by atoms with Crippen molar-refractivity contribution in [2.45, 2.75) is 13.0 Å². The SMILES string of the molecule is CC1CN(c2ccc3c(c2)NC(=O)C3=O)CC1N(C)C. The van der Waals surface area contributed by atoms with Gasteiger partial charge in [0, 0.05) is 24.8 Å². The van der Waals surface area contributed by atoms with E-state index in [1.165, 1.54) is 0 Å². The van der Waals surface area contributed by atoms with Crippen LogP contribution in [-0.4, -0.2) is 49.8 Å². The predicted octanol–water partition coefficient (Wildman–Crippen LogP) is 1.21. The van der Waals surface area contributed by atoms with E-state index in [1.807, 2.05) is 12.1 Å². The molecule has 1 saturated heterocycles. The second kappa shape index (κ2) is 4.59. The van der Waals surface area contributed by atoms with Crippen LogP contribution < -0.4 is 10.2 Å². The van der Waals surface area contributed by atoms with Crippen molar-refractivity contribution < 1.29 is 9.59 Å². The lowest BCUT2D eigenvalue weighted by molar-refractivity contribution is -0.112. The highest BCUT2D eigenvalue weighted by Gasteiger charge is 2.33. The number of amides is 1. The zero-order valence-electron chi connectivity index (χ0n) is 12.0. The van der Waals surface area contributed by atoms with Gasteiger partial charge in [0.15, 0.2) is 0 Å². The zero-order chi connectivity index (χ0) is 14.4. The van der Waals surface area contributed by atoms with Gasteiger partial charge in [-0.3, -0.25) is 9.59 Å². The number of carbonyl (C=O) groups is 2. The molecule has 1 N–H and O–H groups in total. The van der Waals surface area contributed by atoms with Crippen LogP contribution in [0.15, 0.2) is 18.2 Å². The van der Waals surface area contributed by atoms with Gasteiger partial charge in [0.1, 0.15) is 0 Å². The van der Waals surface area contributed by atoms with Crippen molar-refractivity contribution in [3.05, 3.63) is 23.8 Å². The van der Waals surface area contributed by atoms with Gasteiger partial charge in [0.2, 0.25) is 0 Å². The molecule has 2 heterocycles. The van der Waals surface area contributed by atoms with Crippen molar-refractivity contribution in [2.24, 2.45) is 5.92 Å². The quantitative estimate of drug-likeness (QED) is 0.823. The molecule has 20 heavy (non-hydrogen) atoms. The molecule has 106 valence electrons. The Morgan fingerprint density at radius 2 is 2.00 bits per heavy atom. The molecular weight excluding hydrogens is 254 g/mol. The van der Waals surface area contributed by atoms with E-state index in [-0.39, 0.29) is 0 Å². The minimum absolute atomic E-state index is 0.437. The van der Waals surface area contributed by atoms with Crippen LogP contribution in [0.2, 0.25) is 0 Å². The average molecular weight is 273 g/mol. The van der Waals surface area contributed by atoms with Gasteiger partial charge in [-0.15, -0.1) is 0 Å². The first-order chi connectivity index (χ1) is 9.47. The van der Waals surface area contributed by atoms with E-state index in [4.69, 9.17) is 0 Å². The largest absolute Gasteiger partial charge is 0.370 e. The van der Waals surface area contributed by atoms with Crippen LogP contribution in [0, 0.1) is 5.92 Å². The molecule has 0 radical (unpaired) electrons. The first-order valence-electron chi connectivity index (χ1n) is 6.88. The monoisotopic (exact) mass is 273 g/mol. The summed E-state index contributed by atoms with van der Waals surface area (Å²) in [6.45, 7) is 4.21. The summed E-state index contributed by atoms with van der Waals surface area (Å²) >= 11 is 0. The van der Waals surface area contributed by atoms with Gasteiger partial charge in [0.05, 0.1) is 11.3 Å². The number of fused-ring (bicyclic) bond motifs is 1. The highest BCUT2D eigenvalue weighted by atomic mass is 16.2. The van der Waals surface area contributed by atoms with Crippen molar-refractivity contribution >= 4 is 23.1 Å². The summed E-state index contributed by atoms with van der Waals surface area (Å²) in [6, 6.07) is 6.11. The van der Waals surface area contributed by atoms with E-state index < -0.39 is 11.7 Å². The summed E-state index contributed by atoms with van der Waals surface area (Å²) in [7, 11) is 4.21. The number of likely N-dealkylation sites (N-methyl/N-ethyl adjacent to an activating group) is 1. The van der Waals surface area contributed by atoms with Crippen LogP contribution in [0.1, 0.15) is 17.3 Å². The van der Waals surface area contributed by atoms with Crippen LogP contribution in [0.4, 0.5) is 11.4 Å². The molecule has 1 aromatic carbocycles. The molecule has 3 rings (SSSR count). The molecule has 0 bridgehead atoms. The Balaban J connectivity index is 1.85. The Morgan fingerprint density at radius 1 is 1.25 bits per heavy atom. The highest BCUT2D eigenvalue weighted by Crippen LogP contribution is 2.31. The summed E-state index contributed by atoms with van der Waals surface area (Å²) in [5.41, 5.74) is 2.18. The molecular formula is C15H19N3O2. The molecule has 2 aliphatic rings. The molecule has 5 nitrogen and oxygen atoms in total. The summed E-state index contributed by atoms with van der Waals surface area (Å²) in [5, 5.41) is 2.63. The number of nitrogens with zero attached hydrogens (tertiary/aromatic N) is 2. The van der Waals surface area contributed by atoms with Gasteiger partial charge in [-0.1, -0.05) is 6.92 Å². The van der Waals surface area contributed by atoms with Crippen LogP contribution in [0.3, 0.4) is 0 Å². The standard InChI is InChI=1S/C15H19N3O2/c1-9-7-18(8-13(9)17(2)3)10-4-5-11-12(6-10)16-15(20)14(11)19/h4-6,9,13H,7-8H2,1-3H3,(H,16,19,20). The number of hydrogen-bond acceptors (Lipinski definition) is 4. The van der Waals surface area contributed by atoms with E-state index in [2.05, 4.69) is 36.1 Å². The van der Waals surface area contributed by atoms with Gasteiger partial charge < -0.3 is 15.1 Å². The van der Waals surface area contributed by atoms with Crippen molar-refractivity contribution in [3.8, 4) is 0 Å². The molecule has 1 aromatic rings. The van der Waals surface area contributed by atoms with Gasteiger partial charge in [-0.2, -0.15) is 0 Å². The zero-order valence-corrected chi connectivity index (χ0v) is 12.0. The number of hydrogen-bond donors (Lipinski definition) is 1. The fourth-order valence-electron chi connectivity index (χ4n) is 3.16. The molecule has 0 aromatic heterocycles. The number of benzene rings is 1. The highest BCUT2D eigenvalue weighted by molar-refractivity contribution is 6.51. The lowest BCUT2D eigenvalue weighted by atomic mass is 10.1. The number of ketones is 1. The molecule has 2 atom stereocenters. The number of anilines is 2.